The number of nitrogens with zero attached hydrogens (tertiary/aromatic N) is 3. The number of aromatic nitrogens is 2. The highest BCUT2D eigenvalue weighted by Crippen LogP contribution is 2.16. The summed E-state index contributed by atoms with van der Waals surface area (Å²) in [7, 11) is 2.19. The smallest absolute Gasteiger partial charge is 0.0864 e. The largest absolute Gasteiger partial charge is 0.360 e. The maximum absolute atomic E-state index is 4.56. The number of likely N-dealkylation sites (N-methyl/N-ethyl adjacent to an activating group) is 1. The van der Waals surface area contributed by atoms with E-state index in [0.717, 1.165) is 37.6 Å². The third kappa shape index (κ3) is 2.92. The van der Waals surface area contributed by atoms with Gasteiger partial charge in [0, 0.05) is 44.6 Å². The average Bonchev–Trinajstić information content (AvgIpc) is 2.97. The fourth-order valence-electron chi connectivity index (χ4n) is 2.81. The molecule has 0 spiro atoms. The van der Waals surface area contributed by atoms with Gasteiger partial charge in [-0.1, -0.05) is 6.07 Å². The summed E-state index contributed by atoms with van der Waals surface area (Å²) in [6.07, 6.45) is 3.93. The Labute approximate surface area is 120 Å². The first-order valence-corrected chi connectivity index (χ1v) is 7.23. The van der Waals surface area contributed by atoms with Crippen molar-refractivity contribution in [3.63, 3.8) is 0 Å². The maximum atomic E-state index is 4.56. The molecule has 3 heterocycles. The second kappa shape index (κ2) is 5.77. The molecule has 1 fully saturated rings. The van der Waals surface area contributed by atoms with Crippen molar-refractivity contribution in [3.8, 4) is 11.4 Å². The molecule has 1 unspecified atom stereocenters. The normalized spacial score (nSPS) is 21.2. The highest BCUT2D eigenvalue weighted by Gasteiger charge is 2.21. The molecule has 4 nitrogen and oxygen atoms in total. The van der Waals surface area contributed by atoms with Crippen LogP contribution in [-0.4, -0.2) is 52.5 Å². The second-order valence-electron chi connectivity index (χ2n) is 5.72. The number of pyridine rings is 1. The van der Waals surface area contributed by atoms with Crippen molar-refractivity contribution in [3.05, 3.63) is 42.2 Å². The minimum atomic E-state index is 0.608. The molecule has 2 aromatic rings. The lowest BCUT2D eigenvalue weighted by molar-refractivity contribution is 0.0937. The van der Waals surface area contributed by atoms with E-state index in [0.29, 0.717) is 6.04 Å². The first-order valence-electron chi connectivity index (χ1n) is 7.23. The highest BCUT2D eigenvalue weighted by molar-refractivity contribution is 5.53. The molecule has 20 heavy (non-hydrogen) atoms. The molecule has 0 saturated carbocycles. The van der Waals surface area contributed by atoms with Crippen LogP contribution in [0.5, 0.6) is 0 Å². The molecule has 0 aliphatic carbocycles. The zero-order chi connectivity index (χ0) is 13.9. The second-order valence-corrected chi connectivity index (χ2v) is 5.72. The van der Waals surface area contributed by atoms with Crippen molar-refractivity contribution in [2.24, 2.45) is 0 Å². The summed E-state index contributed by atoms with van der Waals surface area (Å²) in [6.45, 7) is 6.73. The Morgan fingerprint density at radius 2 is 2.20 bits per heavy atom. The molecule has 0 aromatic carbocycles. The zero-order valence-corrected chi connectivity index (χ0v) is 12.2. The summed E-state index contributed by atoms with van der Waals surface area (Å²) in [6, 6.07) is 8.94. The Morgan fingerprint density at radius 1 is 1.30 bits per heavy atom. The lowest BCUT2D eigenvalue weighted by Gasteiger charge is -2.38. The lowest BCUT2D eigenvalue weighted by Crippen LogP contribution is -2.49. The van der Waals surface area contributed by atoms with Crippen molar-refractivity contribution in [1.82, 2.24) is 19.8 Å². The van der Waals surface area contributed by atoms with Crippen LogP contribution in [0.1, 0.15) is 12.5 Å². The van der Waals surface area contributed by atoms with Gasteiger partial charge in [0.2, 0.25) is 0 Å². The topological polar surface area (TPSA) is 35.2 Å². The lowest BCUT2D eigenvalue weighted by atomic mass is 10.1. The molecule has 0 amide bonds. The molecule has 0 radical (unpaired) electrons. The molecular weight excluding hydrogens is 248 g/mol. The van der Waals surface area contributed by atoms with E-state index in [9.17, 15) is 0 Å². The fourth-order valence-corrected chi connectivity index (χ4v) is 2.81. The molecule has 1 saturated heterocycles. The number of rotatable bonds is 3. The molecule has 2 aromatic heterocycles. The minimum absolute atomic E-state index is 0.608. The van der Waals surface area contributed by atoms with Gasteiger partial charge in [-0.15, -0.1) is 0 Å². The quantitative estimate of drug-likeness (QED) is 0.929. The Morgan fingerprint density at radius 3 is 2.85 bits per heavy atom. The number of piperazine rings is 1. The van der Waals surface area contributed by atoms with E-state index in [1.807, 2.05) is 24.5 Å². The van der Waals surface area contributed by atoms with Crippen molar-refractivity contribution in [2.75, 3.05) is 26.7 Å². The van der Waals surface area contributed by atoms with Crippen molar-refractivity contribution in [1.29, 1.82) is 0 Å². The Bertz CT molecular complexity index is 532. The van der Waals surface area contributed by atoms with E-state index in [2.05, 4.69) is 45.9 Å². The predicted molar refractivity (Wildman–Crippen MR) is 81.4 cm³/mol. The number of hydrogen-bond acceptors (Lipinski definition) is 3. The average molecular weight is 270 g/mol. The minimum Gasteiger partial charge on any atom is -0.360 e. The van der Waals surface area contributed by atoms with Crippen LogP contribution in [0.15, 0.2) is 36.7 Å². The fraction of sp³-hybridized carbons (Fsp3) is 0.438. The Balaban J connectivity index is 1.66. The van der Waals surface area contributed by atoms with E-state index < -0.39 is 0 Å². The molecule has 3 rings (SSSR count). The first-order chi connectivity index (χ1) is 9.72. The third-order valence-corrected chi connectivity index (χ3v) is 4.05. The Hall–Kier alpha value is -1.65. The van der Waals surface area contributed by atoms with Gasteiger partial charge < -0.3 is 9.88 Å². The summed E-state index contributed by atoms with van der Waals surface area (Å²) in [5.74, 6) is 0. The van der Waals surface area contributed by atoms with Gasteiger partial charge in [-0.3, -0.25) is 9.88 Å². The van der Waals surface area contributed by atoms with Crippen LogP contribution in [-0.2, 0) is 6.54 Å². The van der Waals surface area contributed by atoms with Gasteiger partial charge in [-0.25, -0.2) is 0 Å². The van der Waals surface area contributed by atoms with Crippen LogP contribution in [0.4, 0.5) is 0 Å². The molecular formula is C16H22N4. The van der Waals surface area contributed by atoms with E-state index in [4.69, 9.17) is 0 Å². The summed E-state index contributed by atoms with van der Waals surface area (Å²) < 4.78 is 0. The molecule has 1 aliphatic rings. The van der Waals surface area contributed by atoms with Crippen LogP contribution in [0.25, 0.3) is 11.4 Å². The summed E-state index contributed by atoms with van der Waals surface area (Å²) >= 11 is 0. The standard InChI is InChI=1S/C16H22N4/c1-13-11-19(2)8-9-20(13)12-14-5-6-16(18-10-14)15-4-3-7-17-15/h3-7,10,13,17H,8-9,11-12H2,1-2H3. The van der Waals surface area contributed by atoms with E-state index in [1.165, 1.54) is 5.56 Å². The van der Waals surface area contributed by atoms with Crippen LogP contribution >= 0.6 is 0 Å². The van der Waals surface area contributed by atoms with Crippen LogP contribution in [0.2, 0.25) is 0 Å². The number of H-pyrrole nitrogens is 1. The summed E-state index contributed by atoms with van der Waals surface area (Å²) in [5.41, 5.74) is 3.37. The molecule has 1 N–H and O–H groups in total. The highest BCUT2D eigenvalue weighted by atomic mass is 15.3. The predicted octanol–water partition coefficient (Wildman–Crippen LogP) is 2.21. The zero-order valence-electron chi connectivity index (χ0n) is 12.2. The van der Waals surface area contributed by atoms with Crippen LogP contribution < -0.4 is 0 Å². The molecule has 106 valence electrons. The molecule has 1 aliphatic heterocycles. The van der Waals surface area contributed by atoms with Gasteiger partial charge >= 0.3 is 0 Å². The molecule has 1 atom stereocenters. The molecule has 0 bridgehead atoms. The van der Waals surface area contributed by atoms with Crippen LogP contribution in [0.3, 0.4) is 0 Å². The number of hydrogen-bond donors (Lipinski definition) is 1. The van der Waals surface area contributed by atoms with Gasteiger partial charge in [0.15, 0.2) is 0 Å². The van der Waals surface area contributed by atoms with Gasteiger partial charge in [0.05, 0.1) is 11.4 Å². The third-order valence-electron chi connectivity index (χ3n) is 4.05. The van der Waals surface area contributed by atoms with Crippen molar-refractivity contribution in [2.45, 2.75) is 19.5 Å². The van der Waals surface area contributed by atoms with Gasteiger partial charge in [0.25, 0.3) is 0 Å². The Kier molecular flexibility index (Phi) is 3.85. The summed E-state index contributed by atoms with van der Waals surface area (Å²) in [5, 5.41) is 0. The van der Waals surface area contributed by atoms with E-state index in [-0.39, 0.29) is 0 Å². The maximum Gasteiger partial charge on any atom is 0.0864 e. The first kappa shape index (κ1) is 13.3. The number of nitrogens with one attached hydrogen (secondary N) is 1. The van der Waals surface area contributed by atoms with E-state index >= 15 is 0 Å². The van der Waals surface area contributed by atoms with Gasteiger partial charge in [0.1, 0.15) is 0 Å². The van der Waals surface area contributed by atoms with Gasteiger partial charge in [-0.2, -0.15) is 0 Å². The van der Waals surface area contributed by atoms with Crippen molar-refractivity contribution < 1.29 is 0 Å². The van der Waals surface area contributed by atoms with E-state index in [1.54, 1.807) is 0 Å². The van der Waals surface area contributed by atoms with Gasteiger partial charge in [-0.05, 0) is 37.7 Å². The molecule has 4 heteroatoms. The van der Waals surface area contributed by atoms with Crippen molar-refractivity contribution >= 4 is 0 Å². The SMILES string of the molecule is CC1CN(C)CCN1Cc1ccc(-c2ccc[nH]2)nc1. The van der Waals surface area contributed by atoms with Crippen LogP contribution in [0, 0.1) is 0 Å². The summed E-state index contributed by atoms with van der Waals surface area (Å²) in [4.78, 5) is 12.7. The monoisotopic (exact) mass is 270 g/mol. The number of aromatic amines is 1.